The lowest BCUT2D eigenvalue weighted by molar-refractivity contribution is -0.141. The maximum atomic E-state index is 12.5. The van der Waals surface area contributed by atoms with E-state index in [0.29, 0.717) is 13.1 Å². The number of esters is 1. The van der Waals surface area contributed by atoms with Crippen molar-refractivity contribution in [1.29, 1.82) is 0 Å². The van der Waals surface area contributed by atoms with Gasteiger partial charge in [0, 0.05) is 31.6 Å². The van der Waals surface area contributed by atoms with E-state index in [-0.39, 0.29) is 18.3 Å². The number of carbonyl (C=O) groups excluding carboxylic acids is 2. The van der Waals surface area contributed by atoms with Crippen molar-refractivity contribution >= 4 is 18.0 Å². The number of amides is 1. The summed E-state index contributed by atoms with van der Waals surface area (Å²) in [6.07, 6.45) is 6.82. The molecule has 24 heavy (non-hydrogen) atoms. The normalized spacial score (nSPS) is 10.5. The quantitative estimate of drug-likeness (QED) is 0.580. The van der Waals surface area contributed by atoms with Crippen LogP contribution in [-0.2, 0) is 20.9 Å². The predicted molar refractivity (Wildman–Crippen MR) is 91.8 cm³/mol. The van der Waals surface area contributed by atoms with E-state index in [2.05, 4.69) is 9.72 Å². The highest BCUT2D eigenvalue weighted by atomic mass is 16.5. The molecule has 1 heterocycles. The molecule has 124 valence electrons. The molecule has 5 nitrogen and oxygen atoms in total. The Morgan fingerprint density at radius 1 is 1.17 bits per heavy atom. The molecule has 0 aliphatic carbocycles. The molecule has 0 saturated heterocycles. The fourth-order valence-electron chi connectivity index (χ4n) is 2.14. The molecule has 0 atom stereocenters. The molecule has 0 aliphatic rings. The molecule has 0 aliphatic heterocycles. The monoisotopic (exact) mass is 324 g/mol. The summed E-state index contributed by atoms with van der Waals surface area (Å²) < 4.78 is 4.65. The standard InChI is InChI=1S/C19H20N2O3/c1-24-19(23)11-13-21(15-17-8-5-12-20-14-17)18(22)10-9-16-6-3-2-4-7-16/h2-10,12,14H,11,13,15H2,1H3/b10-9+. The summed E-state index contributed by atoms with van der Waals surface area (Å²) in [5.74, 6) is -0.502. The van der Waals surface area contributed by atoms with Crippen molar-refractivity contribution in [3.63, 3.8) is 0 Å². The average molecular weight is 324 g/mol. The van der Waals surface area contributed by atoms with Gasteiger partial charge in [0.1, 0.15) is 0 Å². The zero-order chi connectivity index (χ0) is 17.2. The minimum Gasteiger partial charge on any atom is -0.469 e. The Kier molecular flexibility index (Phi) is 6.71. The smallest absolute Gasteiger partial charge is 0.307 e. The van der Waals surface area contributed by atoms with E-state index in [4.69, 9.17) is 0 Å². The summed E-state index contributed by atoms with van der Waals surface area (Å²) in [7, 11) is 1.34. The van der Waals surface area contributed by atoms with Gasteiger partial charge in [0.25, 0.3) is 0 Å². The van der Waals surface area contributed by atoms with E-state index in [9.17, 15) is 9.59 Å². The topological polar surface area (TPSA) is 59.5 Å². The second kappa shape index (κ2) is 9.25. The zero-order valence-corrected chi connectivity index (χ0v) is 13.6. The Morgan fingerprint density at radius 2 is 1.96 bits per heavy atom. The van der Waals surface area contributed by atoms with Gasteiger partial charge < -0.3 is 9.64 Å². The molecule has 0 bridgehead atoms. The highest BCUT2D eigenvalue weighted by Crippen LogP contribution is 2.07. The maximum absolute atomic E-state index is 12.5. The van der Waals surface area contributed by atoms with Crippen LogP contribution in [0.4, 0.5) is 0 Å². The van der Waals surface area contributed by atoms with Crippen LogP contribution >= 0.6 is 0 Å². The van der Waals surface area contributed by atoms with E-state index >= 15 is 0 Å². The van der Waals surface area contributed by atoms with E-state index in [1.165, 1.54) is 13.2 Å². The second-order valence-corrected chi connectivity index (χ2v) is 5.19. The number of aromatic nitrogens is 1. The number of hydrogen-bond donors (Lipinski definition) is 0. The number of ether oxygens (including phenoxy) is 1. The van der Waals surface area contributed by atoms with Crippen molar-refractivity contribution < 1.29 is 14.3 Å². The number of pyridine rings is 1. The Bertz CT molecular complexity index is 684. The molecule has 5 heteroatoms. The summed E-state index contributed by atoms with van der Waals surface area (Å²) in [5, 5.41) is 0. The van der Waals surface area contributed by atoms with E-state index < -0.39 is 0 Å². The lowest BCUT2D eigenvalue weighted by Gasteiger charge is -2.20. The van der Waals surface area contributed by atoms with Crippen LogP contribution in [0.2, 0.25) is 0 Å². The van der Waals surface area contributed by atoms with Gasteiger partial charge in [-0.3, -0.25) is 14.6 Å². The first kappa shape index (κ1) is 17.4. The van der Waals surface area contributed by atoms with Gasteiger partial charge in [-0.05, 0) is 23.3 Å². The minimum absolute atomic E-state index is 0.154. The van der Waals surface area contributed by atoms with Crippen LogP contribution in [0, 0.1) is 0 Å². The van der Waals surface area contributed by atoms with Crippen molar-refractivity contribution in [2.24, 2.45) is 0 Å². The molecule has 0 N–H and O–H groups in total. The molecule has 0 fully saturated rings. The van der Waals surface area contributed by atoms with Gasteiger partial charge >= 0.3 is 5.97 Å². The number of hydrogen-bond acceptors (Lipinski definition) is 4. The molecule has 0 unspecified atom stereocenters. The molecule has 1 aromatic carbocycles. The third-order valence-corrected chi connectivity index (χ3v) is 3.44. The average Bonchev–Trinajstić information content (AvgIpc) is 2.64. The van der Waals surface area contributed by atoms with Crippen molar-refractivity contribution in [3.8, 4) is 0 Å². The zero-order valence-electron chi connectivity index (χ0n) is 13.6. The first-order chi connectivity index (χ1) is 11.7. The molecule has 2 rings (SSSR count). The maximum Gasteiger partial charge on any atom is 0.307 e. The highest BCUT2D eigenvalue weighted by Gasteiger charge is 2.13. The van der Waals surface area contributed by atoms with E-state index in [1.807, 2.05) is 42.5 Å². The first-order valence-electron chi connectivity index (χ1n) is 7.67. The van der Waals surface area contributed by atoms with Crippen LogP contribution in [0.15, 0.2) is 60.9 Å². The number of methoxy groups -OCH3 is 1. The third kappa shape index (κ3) is 5.68. The van der Waals surface area contributed by atoms with Crippen LogP contribution in [-0.4, -0.2) is 35.4 Å². The van der Waals surface area contributed by atoms with E-state index in [0.717, 1.165) is 11.1 Å². The molecule has 1 aromatic heterocycles. The lowest BCUT2D eigenvalue weighted by atomic mass is 10.2. The van der Waals surface area contributed by atoms with Crippen molar-refractivity contribution in [2.45, 2.75) is 13.0 Å². The summed E-state index contributed by atoms with van der Waals surface area (Å²) in [6, 6.07) is 13.3. The largest absolute Gasteiger partial charge is 0.469 e. The minimum atomic E-state index is -0.342. The van der Waals surface area contributed by atoms with E-state index in [1.54, 1.807) is 23.4 Å². The molecule has 1 amide bonds. The number of nitrogens with zero attached hydrogens (tertiary/aromatic N) is 2. The fraction of sp³-hybridized carbons (Fsp3) is 0.211. The van der Waals surface area contributed by atoms with Crippen molar-refractivity contribution in [2.75, 3.05) is 13.7 Å². The van der Waals surface area contributed by atoms with Gasteiger partial charge in [-0.1, -0.05) is 36.4 Å². The molecule has 0 radical (unpaired) electrons. The van der Waals surface area contributed by atoms with Crippen LogP contribution in [0.5, 0.6) is 0 Å². The Morgan fingerprint density at radius 3 is 2.62 bits per heavy atom. The summed E-state index contributed by atoms with van der Waals surface area (Å²) in [4.78, 5) is 29.5. The molecular formula is C19H20N2O3. The van der Waals surface area contributed by atoms with Gasteiger partial charge in [-0.25, -0.2) is 0 Å². The van der Waals surface area contributed by atoms with Gasteiger partial charge in [0.15, 0.2) is 0 Å². The first-order valence-corrected chi connectivity index (χ1v) is 7.67. The predicted octanol–water partition coefficient (Wildman–Crippen LogP) is 2.69. The van der Waals surface area contributed by atoms with Crippen molar-refractivity contribution in [1.82, 2.24) is 9.88 Å². The third-order valence-electron chi connectivity index (χ3n) is 3.44. The molecular weight excluding hydrogens is 304 g/mol. The van der Waals surface area contributed by atoms with Crippen LogP contribution < -0.4 is 0 Å². The molecule has 2 aromatic rings. The molecule has 0 spiro atoms. The summed E-state index contributed by atoms with van der Waals surface area (Å²) >= 11 is 0. The van der Waals surface area contributed by atoms with Crippen molar-refractivity contribution in [3.05, 3.63) is 72.1 Å². The summed E-state index contributed by atoms with van der Waals surface area (Å²) in [6.45, 7) is 0.683. The van der Waals surface area contributed by atoms with Gasteiger partial charge in [-0.15, -0.1) is 0 Å². The Hall–Kier alpha value is -2.95. The second-order valence-electron chi connectivity index (χ2n) is 5.19. The number of rotatable bonds is 7. The number of carbonyl (C=O) groups is 2. The SMILES string of the molecule is COC(=O)CCN(Cc1cccnc1)C(=O)/C=C/c1ccccc1. The van der Waals surface area contributed by atoms with Crippen LogP contribution in [0.3, 0.4) is 0 Å². The molecule has 0 saturated carbocycles. The van der Waals surface area contributed by atoms with Crippen LogP contribution in [0.25, 0.3) is 6.08 Å². The highest BCUT2D eigenvalue weighted by molar-refractivity contribution is 5.92. The van der Waals surface area contributed by atoms with Gasteiger partial charge in [0.05, 0.1) is 13.5 Å². The lowest BCUT2D eigenvalue weighted by Crippen LogP contribution is -2.31. The fourth-order valence-corrected chi connectivity index (χ4v) is 2.14. The Balaban J connectivity index is 2.06. The number of benzene rings is 1. The summed E-state index contributed by atoms with van der Waals surface area (Å²) in [5.41, 5.74) is 1.85. The van der Waals surface area contributed by atoms with Gasteiger partial charge in [0.2, 0.25) is 5.91 Å². The van der Waals surface area contributed by atoms with Crippen LogP contribution in [0.1, 0.15) is 17.5 Å². The van der Waals surface area contributed by atoms with Gasteiger partial charge in [-0.2, -0.15) is 0 Å². The Labute approximate surface area is 141 Å².